The Balaban J connectivity index is 1.68. The van der Waals surface area contributed by atoms with Gasteiger partial charge in [0.15, 0.2) is 0 Å². The molecule has 1 amide bonds. The molecule has 1 spiro atoms. The van der Waals surface area contributed by atoms with Gasteiger partial charge in [0.05, 0.1) is 16.1 Å². The first-order valence-corrected chi connectivity index (χ1v) is 10.2. The average molecular weight is 413 g/mol. The molecule has 0 unspecified atom stereocenters. The summed E-state index contributed by atoms with van der Waals surface area (Å²) >= 11 is 6.59. The predicted molar refractivity (Wildman–Crippen MR) is 117 cm³/mol. The van der Waals surface area contributed by atoms with Crippen LogP contribution in [-0.2, 0) is 4.79 Å². The zero-order chi connectivity index (χ0) is 20.6. The monoisotopic (exact) mass is 412 g/mol. The van der Waals surface area contributed by atoms with Crippen molar-refractivity contribution in [2.45, 2.75) is 19.3 Å². The molecule has 0 aliphatic carbocycles. The third kappa shape index (κ3) is 3.40. The first kappa shape index (κ1) is 19.5. The number of nitrogens with zero attached hydrogens (tertiary/aromatic N) is 2. The number of nitrogens with one attached hydrogen (secondary N) is 3. The Hall–Kier alpha value is -2.80. The van der Waals surface area contributed by atoms with Crippen LogP contribution in [0.3, 0.4) is 0 Å². The predicted octanol–water partition coefficient (Wildman–Crippen LogP) is 2.83. The minimum atomic E-state index is -0.224. The number of hydrogen-bond acceptors (Lipinski definition) is 5. The van der Waals surface area contributed by atoms with Crippen LogP contribution < -0.4 is 21.3 Å². The Morgan fingerprint density at radius 2 is 2.07 bits per heavy atom. The molecular weight excluding hydrogens is 388 g/mol. The van der Waals surface area contributed by atoms with Crippen molar-refractivity contribution in [1.82, 2.24) is 10.3 Å². The van der Waals surface area contributed by atoms with Crippen molar-refractivity contribution < 1.29 is 4.79 Å². The van der Waals surface area contributed by atoms with E-state index < -0.39 is 0 Å². The number of carbonyl (C=O) groups excluding carboxylic acids is 1. The molecule has 3 heterocycles. The van der Waals surface area contributed by atoms with Gasteiger partial charge in [0.1, 0.15) is 5.84 Å². The second-order valence-electron chi connectivity index (χ2n) is 7.71. The van der Waals surface area contributed by atoms with Gasteiger partial charge in [-0.1, -0.05) is 17.7 Å². The Kier molecular flexibility index (Phi) is 5.08. The summed E-state index contributed by atoms with van der Waals surface area (Å²) in [4.78, 5) is 18.9. The lowest BCUT2D eigenvalue weighted by atomic mass is 9.77. The number of amidine groups is 1. The van der Waals surface area contributed by atoms with Crippen LogP contribution in [0.2, 0.25) is 5.02 Å². The summed E-state index contributed by atoms with van der Waals surface area (Å²) in [6.07, 6.45) is 6.03. The quantitative estimate of drug-likeness (QED) is 0.456. The highest BCUT2D eigenvalue weighted by molar-refractivity contribution is 6.33. The molecule has 0 radical (unpaired) electrons. The fraction of sp³-hybridized carbons (Fsp3) is 0.381. The molecule has 2 aliphatic heterocycles. The molecule has 7 nitrogen and oxygen atoms in total. The molecule has 1 aromatic heterocycles. The summed E-state index contributed by atoms with van der Waals surface area (Å²) in [5.41, 5.74) is 9.71. The standard InChI is InChI=1S/C21H25ClN6O/c1-25-17-10-13(2-3-14(17)19(23)24)15-11-26-12-16(22)18(15)28-8-5-21(6-9-28)4-7-27-20(21)29/h2-3,10-12,25H,4-9H2,1H3,(H3,23,24)(H,27,29). The van der Waals surface area contributed by atoms with Crippen LogP contribution in [0.5, 0.6) is 0 Å². The van der Waals surface area contributed by atoms with Crippen molar-refractivity contribution in [1.29, 1.82) is 5.41 Å². The largest absolute Gasteiger partial charge is 0.388 e. The van der Waals surface area contributed by atoms with Gasteiger partial charge in [-0.3, -0.25) is 15.2 Å². The molecule has 2 aliphatic rings. The van der Waals surface area contributed by atoms with E-state index in [1.165, 1.54) is 0 Å². The van der Waals surface area contributed by atoms with Gasteiger partial charge in [-0.25, -0.2) is 0 Å². The number of nitrogen functional groups attached to an aromatic ring is 1. The van der Waals surface area contributed by atoms with Crippen molar-refractivity contribution in [2.24, 2.45) is 11.1 Å². The molecular formula is C21H25ClN6O. The molecule has 0 saturated carbocycles. The number of piperidine rings is 1. The van der Waals surface area contributed by atoms with E-state index in [0.29, 0.717) is 10.6 Å². The van der Waals surface area contributed by atoms with Crippen LogP contribution in [0, 0.1) is 10.8 Å². The van der Waals surface area contributed by atoms with Crippen LogP contribution in [0.4, 0.5) is 11.4 Å². The third-order valence-corrected chi connectivity index (χ3v) is 6.45. The van der Waals surface area contributed by atoms with E-state index in [1.54, 1.807) is 13.2 Å². The van der Waals surface area contributed by atoms with Gasteiger partial charge in [0, 0.05) is 55.9 Å². The van der Waals surface area contributed by atoms with E-state index >= 15 is 0 Å². The zero-order valence-corrected chi connectivity index (χ0v) is 17.1. The van der Waals surface area contributed by atoms with Crippen molar-refractivity contribution in [3.8, 4) is 11.1 Å². The highest BCUT2D eigenvalue weighted by atomic mass is 35.5. The molecule has 5 N–H and O–H groups in total. The van der Waals surface area contributed by atoms with Gasteiger partial charge in [-0.05, 0) is 37.0 Å². The Bertz CT molecular complexity index is 968. The topological polar surface area (TPSA) is 107 Å². The SMILES string of the molecule is CNc1cc(-c2cncc(Cl)c2N2CCC3(CCNC3=O)CC2)ccc1C(=N)N. The lowest BCUT2D eigenvalue weighted by Crippen LogP contribution is -2.44. The average Bonchev–Trinajstić information content (AvgIpc) is 3.07. The van der Waals surface area contributed by atoms with Crippen LogP contribution in [0.1, 0.15) is 24.8 Å². The number of aromatic nitrogens is 1. The van der Waals surface area contributed by atoms with Crippen molar-refractivity contribution in [3.05, 3.63) is 41.2 Å². The maximum atomic E-state index is 12.3. The molecule has 29 heavy (non-hydrogen) atoms. The Morgan fingerprint density at radius 1 is 1.31 bits per heavy atom. The number of amides is 1. The number of nitrogens with two attached hydrogens (primary N) is 1. The molecule has 0 atom stereocenters. The van der Waals surface area contributed by atoms with Gasteiger partial charge in [-0.15, -0.1) is 0 Å². The van der Waals surface area contributed by atoms with Gasteiger partial charge < -0.3 is 21.3 Å². The molecule has 2 fully saturated rings. The number of benzene rings is 1. The van der Waals surface area contributed by atoms with Crippen LogP contribution in [0.25, 0.3) is 11.1 Å². The highest BCUT2D eigenvalue weighted by Crippen LogP contribution is 2.43. The van der Waals surface area contributed by atoms with Gasteiger partial charge in [-0.2, -0.15) is 0 Å². The Labute approximate surface area is 175 Å². The minimum absolute atomic E-state index is 0.0153. The van der Waals surface area contributed by atoms with E-state index in [4.69, 9.17) is 22.7 Å². The Morgan fingerprint density at radius 3 is 2.69 bits per heavy atom. The maximum absolute atomic E-state index is 12.3. The smallest absolute Gasteiger partial charge is 0.226 e. The third-order valence-electron chi connectivity index (χ3n) is 6.17. The molecule has 2 saturated heterocycles. The zero-order valence-electron chi connectivity index (χ0n) is 16.4. The van der Waals surface area contributed by atoms with E-state index in [1.807, 2.05) is 24.4 Å². The van der Waals surface area contributed by atoms with Crippen LogP contribution >= 0.6 is 11.6 Å². The van der Waals surface area contributed by atoms with E-state index in [9.17, 15) is 4.79 Å². The molecule has 0 bridgehead atoms. The molecule has 8 heteroatoms. The van der Waals surface area contributed by atoms with Crippen molar-refractivity contribution >= 4 is 34.7 Å². The van der Waals surface area contributed by atoms with Crippen molar-refractivity contribution in [3.63, 3.8) is 0 Å². The summed E-state index contributed by atoms with van der Waals surface area (Å²) in [5, 5.41) is 14.4. The number of hydrogen-bond donors (Lipinski definition) is 4. The lowest BCUT2D eigenvalue weighted by Gasteiger charge is -2.39. The number of halogens is 1. The maximum Gasteiger partial charge on any atom is 0.226 e. The summed E-state index contributed by atoms with van der Waals surface area (Å²) in [6.45, 7) is 2.32. The fourth-order valence-electron chi connectivity index (χ4n) is 4.47. The lowest BCUT2D eigenvalue weighted by molar-refractivity contribution is -0.128. The number of carbonyl (C=O) groups is 1. The second-order valence-corrected chi connectivity index (χ2v) is 8.12. The highest BCUT2D eigenvalue weighted by Gasteiger charge is 2.44. The summed E-state index contributed by atoms with van der Waals surface area (Å²) < 4.78 is 0. The molecule has 152 valence electrons. The van der Waals surface area contributed by atoms with Gasteiger partial charge in [0.2, 0.25) is 5.91 Å². The normalized spacial score (nSPS) is 18.0. The summed E-state index contributed by atoms with van der Waals surface area (Å²) in [7, 11) is 1.80. The molecule has 1 aromatic carbocycles. The van der Waals surface area contributed by atoms with Gasteiger partial charge in [0.25, 0.3) is 0 Å². The first-order valence-electron chi connectivity index (χ1n) is 9.78. The summed E-state index contributed by atoms with van der Waals surface area (Å²) in [6, 6.07) is 5.73. The van der Waals surface area contributed by atoms with Crippen molar-refractivity contribution in [2.75, 3.05) is 36.9 Å². The number of pyridine rings is 1. The van der Waals surface area contributed by atoms with Gasteiger partial charge >= 0.3 is 0 Å². The number of anilines is 2. The van der Waals surface area contributed by atoms with Crippen LogP contribution in [-0.4, -0.2) is 43.4 Å². The summed E-state index contributed by atoms with van der Waals surface area (Å²) in [5.74, 6) is 0.207. The molecule has 2 aromatic rings. The second kappa shape index (κ2) is 7.55. The first-order chi connectivity index (χ1) is 13.9. The van der Waals surface area contributed by atoms with E-state index in [0.717, 1.165) is 61.4 Å². The molecule has 4 rings (SSSR count). The number of rotatable bonds is 4. The van der Waals surface area contributed by atoms with E-state index in [2.05, 4.69) is 20.5 Å². The van der Waals surface area contributed by atoms with Crippen LogP contribution in [0.15, 0.2) is 30.6 Å². The van der Waals surface area contributed by atoms with E-state index in [-0.39, 0.29) is 17.2 Å². The fourth-order valence-corrected chi connectivity index (χ4v) is 4.74. The minimum Gasteiger partial charge on any atom is -0.388 e.